The fourth-order valence-corrected chi connectivity index (χ4v) is 3.75. The third-order valence-corrected chi connectivity index (χ3v) is 5.40. The highest BCUT2D eigenvalue weighted by molar-refractivity contribution is 6.22. The van der Waals surface area contributed by atoms with Crippen LogP contribution in [0.4, 0.5) is 0 Å². The Balaban J connectivity index is 1.53. The number of carbonyl (C=O) groups excluding carboxylic acids is 3. The number of allylic oxidation sites excluding steroid dienone is 2. The SMILES string of the molecule is COC(=O)c1ccc(C2CC(=O)C(=CCCCN3CCOCC3)C(=O)C2)cc1. The number of rotatable bonds is 6. The number of morpholine rings is 1. The van der Waals surface area contributed by atoms with Gasteiger partial charge in [-0.25, -0.2) is 4.79 Å². The van der Waals surface area contributed by atoms with Gasteiger partial charge >= 0.3 is 5.97 Å². The minimum Gasteiger partial charge on any atom is -0.465 e. The van der Waals surface area contributed by atoms with E-state index in [0.29, 0.717) is 24.0 Å². The van der Waals surface area contributed by atoms with Crippen LogP contribution in [0.3, 0.4) is 0 Å². The normalized spacial score (nSPS) is 20.9. The number of nitrogens with zero attached hydrogens (tertiary/aromatic N) is 1. The summed E-state index contributed by atoms with van der Waals surface area (Å²) in [4.78, 5) is 38.9. The van der Waals surface area contributed by atoms with Crippen molar-refractivity contribution in [2.75, 3.05) is 40.0 Å². The molecule has 1 aliphatic heterocycles. The second-order valence-corrected chi connectivity index (χ2v) is 7.28. The van der Waals surface area contributed by atoms with Crippen LogP contribution < -0.4 is 0 Å². The zero-order valence-electron chi connectivity index (χ0n) is 16.3. The van der Waals surface area contributed by atoms with E-state index in [2.05, 4.69) is 4.90 Å². The van der Waals surface area contributed by atoms with Crippen molar-refractivity contribution in [1.82, 2.24) is 4.90 Å². The fraction of sp³-hybridized carbons (Fsp3) is 0.500. The number of benzene rings is 1. The van der Waals surface area contributed by atoms with Crippen molar-refractivity contribution in [3.05, 3.63) is 47.0 Å². The molecule has 3 rings (SSSR count). The van der Waals surface area contributed by atoms with Crippen LogP contribution in [0.1, 0.15) is 47.5 Å². The van der Waals surface area contributed by atoms with Gasteiger partial charge in [0.1, 0.15) is 0 Å². The van der Waals surface area contributed by atoms with Gasteiger partial charge in [0.15, 0.2) is 11.6 Å². The number of hydrogen-bond acceptors (Lipinski definition) is 6. The lowest BCUT2D eigenvalue weighted by Crippen LogP contribution is -2.36. The fourth-order valence-electron chi connectivity index (χ4n) is 3.75. The molecule has 28 heavy (non-hydrogen) atoms. The number of ether oxygens (including phenoxy) is 2. The van der Waals surface area contributed by atoms with E-state index in [1.807, 2.05) is 6.08 Å². The monoisotopic (exact) mass is 385 g/mol. The molecule has 1 saturated carbocycles. The summed E-state index contributed by atoms with van der Waals surface area (Å²) in [6.07, 6.45) is 4.16. The summed E-state index contributed by atoms with van der Waals surface area (Å²) in [5.74, 6) is -0.684. The van der Waals surface area contributed by atoms with E-state index in [9.17, 15) is 14.4 Å². The highest BCUT2D eigenvalue weighted by Crippen LogP contribution is 2.32. The van der Waals surface area contributed by atoms with Gasteiger partial charge in [0, 0.05) is 25.9 Å². The van der Waals surface area contributed by atoms with Crippen molar-refractivity contribution in [3.63, 3.8) is 0 Å². The molecule has 1 heterocycles. The Morgan fingerprint density at radius 2 is 1.79 bits per heavy atom. The van der Waals surface area contributed by atoms with E-state index < -0.39 is 5.97 Å². The Labute approximate surface area is 165 Å². The van der Waals surface area contributed by atoms with Gasteiger partial charge in [-0.05, 0) is 43.0 Å². The Kier molecular flexibility index (Phi) is 7.12. The molecule has 0 amide bonds. The Morgan fingerprint density at radius 3 is 2.39 bits per heavy atom. The van der Waals surface area contributed by atoms with Crippen molar-refractivity contribution in [1.29, 1.82) is 0 Å². The number of ketones is 2. The maximum Gasteiger partial charge on any atom is 0.337 e. The molecule has 0 N–H and O–H groups in total. The molecule has 6 heteroatoms. The minimum absolute atomic E-state index is 0.0790. The summed E-state index contributed by atoms with van der Waals surface area (Å²) >= 11 is 0. The summed E-state index contributed by atoms with van der Waals surface area (Å²) in [6, 6.07) is 6.95. The molecule has 6 nitrogen and oxygen atoms in total. The third kappa shape index (κ3) is 5.14. The molecule has 1 aromatic carbocycles. The molecule has 1 aliphatic carbocycles. The largest absolute Gasteiger partial charge is 0.465 e. The summed E-state index contributed by atoms with van der Waals surface area (Å²) in [5, 5.41) is 0. The van der Waals surface area contributed by atoms with Crippen LogP contribution >= 0.6 is 0 Å². The smallest absolute Gasteiger partial charge is 0.337 e. The summed E-state index contributed by atoms with van der Waals surface area (Å²) in [6.45, 7) is 4.42. The van der Waals surface area contributed by atoms with Crippen LogP contribution in [0.5, 0.6) is 0 Å². The van der Waals surface area contributed by atoms with E-state index in [1.165, 1.54) is 7.11 Å². The van der Waals surface area contributed by atoms with Crippen molar-refractivity contribution < 1.29 is 23.9 Å². The van der Waals surface area contributed by atoms with Gasteiger partial charge < -0.3 is 9.47 Å². The van der Waals surface area contributed by atoms with Crippen molar-refractivity contribution in [2.24, 2.45) is 0 Å². The van der Waals surface area contributed by atoms with Gasteiger partial charge in [-0.2, -0.15) is 0 Å². The second-order valence-electron chi connectivity index (χ2n) is 7.28. The molecule has 0 unspecified atom stereocenters. The quantitative estimate of drug-likeness (QED) is 0.324. The Morgan fingerprint density at radius 1 is 1.14 bits per heavy atom. The van der Waals surface area contributed by atoms with Crippen LogP contribution in [0.15, 0.2) is 35.9 Å². The second kappa shape index (κ2) is 9.75. The van der Waals surface area contributed by atoms with E-state index >= 15 is 0 Å². The topological polar surface area (TPSA) is 72.9 Å². The van der Waals surface area contributed by atoms with E-state index in [4.69, 9.17) is 9.47 Å². The minimum atomic E-state index is -0.398. The molecular formula is C22H27NO5. The van der Waals surface area contributed by atoms with E-state index in [0.717, 1.165) is 51.3 Å². The highest BCUT2D eigenvalue weighted by Gasteiger charge is 2.31. The highest BCUT2D eigenvalue weighted by atomic mass is 16.5. The van der Waals surface area contributed by atoms with Crippen LogP contribution in [0.2, 0.25) is 0 Å². The molecule has 0 spiro atoms. The van der Waals surface area contributed by atoms with Gasteiger partial charge in [-0.1, -0.05) is 18.2 Å². The average Bonchev–Trinajstić information content (AvgIpc) is 2.73. The number of methoxy groups -OCH3 is 1. The summed E-state index contributed by atoms with van der Waals surface area (Å²) < 4.78 is 10.0. The standard InChI is InChI=1S/C22H27NO5/c1-27-22(26)17-7-5-16(6-8-17)18-14-20(24)19(21(25)15-18)4-2-3-9-23-10-12-28-13-11-23/h4-8,18H,2-3,9-15H2,1H3. The molecule has 0 atom stereocenters. The molecule has 1 aromatic rings. The molecule has 0 aromatic heterocycles. The van der Waals surface area contributed by atoms with Crippen LogP contribution in [0.25, 0.3) is 0 Å². The van der Waals surface area contributed by atoms with E-state index in [1.54, 1.807) is 24.3 Å². The summed E-state index contributed by atoms with van der Waals surface area (Å²) in [7, 11) is 1.34. The van der Waals surface area contributed by atoms with Crippen LogP contribution in [0, 0.1) is 0 Å². The number of hydrogen-bond donors (Lipinski definition) is 0. The third-order valence-electron chi connectivity index (χ3n) is 5.40. The number of carbonyl (C=O) groups is 3. The van der Waals surface area contributed by atoms with Crippen LogP contribution in [-0.4, -0.2) is 62.4 Å². The van der Waals surface area contributed by atoms with Gasteiger partial charge in [0.05, 0.1) is 31.5 Å². The first-order valence-corrected chi connectivity index (χ1v) is 9.83. The first-order chi connectivity index (χ1) is 13.6. The molecule has 0 radical (unpaired) electrons. The van der Waals surface area contributed by atoms with Gasteiger partial charge in [0.2, 0.25) is 0 Å². The number of Topliss-reactive ketones (excluding diaryl/α,β-unsaturated/α-hetero) is 2. The van der Waals surface area contributed by atoms with Gasteiger partial charge in [0.25, 0.3) is 0 Å². The maximum absolute atomic E-state index is 12.5. The number of esters is 1. The van der Waals surface area contributed by atoms with Crippen molar-refractivity contribution >= 4 is 17.5 Å². The van der Waals surface area contributed by atoms with Gasteiger partial charge in [-0.15, -0.1) is 0 Å². The lowest BCUT2D eigenvalue weighted by molar-refractivity contribution is -0.124. The maximum atomic E-state index is 12.5. The zero-order chi connectivity index (χ0) is 19.9. The number of unbranched alkanes of at least 4 members (excludes halogenated alkanes) is 1. The lowest BCUT2D eigenvalue weighted by Gasteiger charge is -2.26. The molecule has 2 aliphatic rings. The predicted molar refractivity (Wildman–Crippen MR) is 104 cm³/mol. The first-order valence-electron chi connectivity index (χ1n) is 9.83. The molecular weight excluding hydrogens is 358 g/mol. The predicted octanol–water partition coefficient (Wildman–Crippen LogP) is 2.53. The van der Waals surface area contributed by atoms with Crippen molar-refractivity contribution in [3.8, 4) is 0 Å². The van der Waals surface area contributed by atoms with Crippen molar-refractivity contribution in [2.45, 2.75) is 31.6 Å². The summed E-state index contributed by atoms with van der Waals surface area (Å²) in [5.41, 5.74) is 1.73. The molecule has 1 saturated heterocycles. The van der Waals surface area contributed by atoms with Crippen LogP contribution in [-0.2, 0) is 19.1 Å². The molecule has 150 valence electrons. The molecule has 2 fully saturated rings. The average molecular weight is 385 g/mol. The zero-order valence-corrected chi connectivity index (χ0v) is 16.3. The first kappa shape index (κ1) is 20.4. The lowest BCUT2D eigenvalue weighted by atomic mass is 9.79. The Bertz CT molecular complexity index is 727. The molecule has 0 bridgehead atoms. The van der Waals surface area contributed by atoms with E-state index in [-0.39, 0.29) is 17.5 Å². The Hall–Kier alpha value is -2.31. The van der Waals surface area contributed by atoms with Gasteiger partial charge in [-0.3, -0.25) is 14.5 Å².